The Hall–Kier alpha value is -1.75. The number of carboxylic acid groups (broad SMARTS) is 1. The van der Waals surface area contributed by atoms with Gasteiger partial charge in [0.1, 0.15) is 0 Å². The first kappa shape index (κ1) is 10.4. The van der Waals surface area contributed by atoms with Crippen molar-refractivity contribution in [3.05, 3.63) is 23.8 Å². The molecule has 0 bridgehead atoms. The van der Waals surface area contributed by atoms with Crippen LogP contribution in [0.4, 0.5) is 0 Å². The number of carbonyl (C=O) groups is 1. The Balaban J connectivity index is 1.99. The summed E-state index contributed by atoms with van der Waals surface area (Å²) in [5, 5.41) is 12.4. The quantitative estimate of drug-likeness (QED) is 0.804. The lowest BCUT2D eigenvalue weighted by Gasteiger charge is -2.17. The van der Waals surface area contributed by atoms with Crippen molar-refractivity contribution in [3.8, 4) is 11.5 Å². The molecule has 0 aliphatic carbocycles. The summed E-state index contributed by atoms with van der Waals surface area (Å²) in [5.41, 5.74) is 0.880. The molecule has 0 aromatic heterocycles. The van der Waals surface area contributed by atoms with Crippen molar-refractivity contribution >= 4 is 5.97 Å². The Morgan fingerprint density at radius 2 is 2.29 bits per heavy atom. The van der Waals surface area contributed by atoms with Crippen LogP contribution in [0.25, 0.3) is 0 Å². The van der Waals surface area contributed by atoms with Gasteiger partial charge in [-0.15, -0.1) is 0 Å². The maximum Gasteiger partial charge on any atom is 0.308 e. The van der Waals surface area contributed by atoms with Crippen LogP contribution in [0.1, 0.15) is 18.0 Å². The second-order valence-electron chi connectivity index (χ2n) is 4.25. The van der Waals surface area contributed by atoms with Gasteiger partial charge in [0.2, 0.25) is 6.79 Å². The molecule has 90 valence electrons. The van der Waals surface area contributed by atoms with Gasteiger partial charge in [-0.05, 0) is 19.0 Å². The van der Waals surface area contributed by atoms with Crippen molar-refractivity contribution in [3.63, 3.8) is 0 Å². The van der Waals surface area contributed by atoms with Crippen molar-refractivity contribution in [1.29, 1.82) is 0 Å². The minimum Gasteiger partial charge on any atom is -0.481 e. The van der Waals surface area contributed by atoms with Crippen LogP contribution < -0.4 is 14.8 Å². The molecule has 2 atom stereocenters. The Morgan fingerprint density at radius 3 is 3.12 bits per heavy atom. The maximum absolute atomic E-state index is 11.2. The van der Waals surface area contributed by atoms with E-state index in [4.69, 9.17) is 9.47 Å². The Bertz CT molecular complexity index is 460. The van der Waals surface area contributed by atoms with Crippen LogP contribution in [-0.4, -0.2) is 24.4 Å². The van der Waals surface area contributed by atoms with Crippen LogP contribution in [0.2, 0.25) is 0 Å². The van der Waals surface area contributed by atoms with E-state index in [0.29, 0.717) is 24.5 Å². The minimum atomic E-state index is -0.767. The zero-order valence-electron chi connectivity index (χ0n) is 9.18. The molecule has 5 nitrogen and oxygen atoms in total. The SMILES string of the molecule is O=C(O)[C@H]1CCN[C@@H]1c1cccc2c1OCO2. The third kappa shape index (κ3) is 1.63. The Kier molecular flexibility index (Phi) is 2.40. The van der Waals surface area contributed by atoms with Crippen molar-refractivity contribution in [2.45, 2.75) is 12.5 Å². The second-order valence-corrected chi connectivity index (χ2v) is 4.25. The van der Waals surface area contributed by atoms with E-state index in [1.165, 1.54) is 0 Å². The van der Waals surface area contributed by atoms with E-state index in [1.54, 1.807) is 0 Å². The number of fused-ring (bicyclic) bond motifs is 1. The van der Waals surface area contributed by atoms with Gasteiger partial charge in [-0.25, -0.2) is 0 Å². The van der Waals surface area contributed by atoms with Crippen molar-refractivity contribution in [2.24, 2.45) is 5.92 Å². The third-order valence-electron chi connectivity index (χ3n) is 3.30. The van der Waals surface area contributed by atoms with Crippen LogP contribution in [0, 0.1) is 5.92 Å². The molecule has 0 saturated carbocycles. The molecule has 17 heavy (non-hydrogen) atoms. The number of carboxylic acids is 1. The summed E-state index contributed by atoms with van der Waals surface area (Å²) >= 11 is 0. The Morgan fingerprint density at radius 1 is 1.41 bits per heavy atom. The van der Waals surface area contributed by atoms with E-state index in [0.717, 1.165) is 5.56 Å². The Labute approximate surface area is 98.3 Å². The topological polar surface area (TPSA) is 67.8 Å². The van der Waals surface area contributed by atoms with E-state index in [-0.39, 0.29) is 12.8 Å². The van der Waals surface area contributed by atoms with Gasteiger partial charge in [-0.2, -0.15) is 0 Å². The van der Waals surface area contributed by atoms with Gasteiger partial charge in [-0.1, -0.05) is 12.1 Å². The van der Waals surface area contributed by atoms with E-state index < -0.39 is 11.9 Å². The van der Waals surface area contributed by atoms with Gasteiger partial charge in [0.05, 0.1) is 5.92 Å². The fourth-order valence-corrected chi connectivity index (χ4v) is 2.49. The molecular formula is C12H13NO4. The van der Waals surface area contributed by atoms with Gasteiger partial charge >= 0.3 is 5.97 Å². The molecular weight excluding hydrogens is 222 g/mol. The highest BCUT2D eigenvalue weighted by molar-refractivity contribution is 5.72. The number of rotatable bonds is 2. The lowest BCUT2D eigenvalue weighted by molar-refractivity contribution is -0.142. The lowest BCUT2D eigenvalue weighted by atomic mass is 9.93. The number of para-hydroxylation sites is 1. The molecule has 5 heteroatoms. The normalized spacial score (nSPS) is 26.1. The summed E-state index contributed by atoms with van der Waals surface area (Å²) in [6, 6.07) is 5.40. The average molecular weight is 235 g/mol. The molecule has 1 fully saturated rings. The summed E-state index contributed by atoms with van der Waals surface area (Å²) in [7, 11) is 0. The molecule has 0 radical (unpaired) electrons. The van der Waals surface area contributed by atoms with Gasteiger partial charge in [0.15, 0.2) is 11.5 Å². The number of benzene rings is 1. The smallest absolute Gasteiger partial charge is 0.308 e. The number of hydrogen-bond donors (Lipinski definition) is 2. The number of ether oxygens (including phenoxy) is 2. The minimum absolute atomic E-state index is 0.191. The van der Waals surface area contributed by atoms with Crippen LogP contribution in [0.3, 0.4) is 0 Å². The first-order valence-corrected chi connectivity index (χ1v) is 5.62. The largest absolute Gasteiger partial charge is 0.481 e. The van der Waals surface area contributed by atoms with Crippen LogP contribution >= 0.6 is 0 Å². The van der Waals surface area contributed by atoms with Gasteiger partial charge < -0.3 is 19.9 Å². The molecule has 2 aliphatic rings. The molecule has 2 N–H and O–H groups in total. The molecule has 0 unspecified atom stereocenters. The first-order chi connectivity index (χ1) is 8.27. The first-order valence-electron chi connectivity index (χ1n) is 5.62. The standard InChI is InChI=1S/C12H13NO4/c14-12(15)8-4-5-13-10(8)7-2-1-3-9-11(7)17-6-16-9/h1-3,8,10,13H,4-6H2,(H,14,15)/t8-,10+/m0/s1. The van der Waals surface area contributed by atoms with Gasteiger partial charge in [0.25, 0.3) is 0 Å². The average Bonchev–Trinajstić information content (AvgIpc) is 2.97. The lowest BCUT2D eigenvalue weighted by Crippen LogP contribution is -2.23. The summed E-state index contributed by atoms with van der Waals surface area (Å²) in [6.07, 6.45) is 0.643. The zero-order valence-corrected chi connectivity index (χ0v) is 9.18. The van der Waals surface area contributed by atoms with Crippen molar-refractivity contribution < 1.29 is 19.4 Å². The molecule has 0 amide bonds. The van der Waals surface area contributed by atoms with Crippen molar-refractivity contribution in [1.82, 2.24) is 5.32 Å². The van der Waals surface area contributed by atoms with Crippen molar-refractivity contribution in [2.75, 3.05) is 13.3 Å². The summed E-state index contributed by atoms with van der Waals surface area (Å²) < 4.78 is 10.7. The number of nitrogens with one attached hydrogen (secondary N) is 1. The van der Waals surface area contributed by atoms with Crippen LogP contribution in [0.15, 0.2) is 18.2 Å². The number of hydrogen-bond acceptors (Lipinski definition) is 4. The monoisotopic (exact) mass is 235 g/mol. The maximum atomic E-state index is 11.2. The molecule has 1 saturated heterocycles. The predicted molar refractivity (Wildman–Crippen MR) is 59.1 cm³/mol. The van der Waals surface area contributed by atoms with Crippen LogP contribution in [-0.2, 0) is 4.79 Å². The fraction of sp³-hybridized carbons (Fsp3) is 0.417. The highest BCUT2D eigenvalue weighted by atomic mass is 16.7. The molecule has 0 spiro atoms. The molecule has 2 aliphatic heterocycles. The van der Waals surface area contributed by atoms with E-state index in [2.05, 4.69) is 5.32 Å². The van der Waals surface area contributed by atoms with E-state index in [9.17, 15) is 9.90 Å². The number of aliphatic carboxylic acids is 1. The summed E-state index contributed by atoms with van der Waals surface area (Å²) in [4.78, 5) is 11.2. The molecule has 1 aromatic carbocycles. The van der Waals surface area contributed by atoms with Gasteiger partial charge in [0, 0.05) is 11.6 Å². The second kappa shape index (κ2) is 3.92. The highest BCUT2D eigenvalue weighted by Crippen LogP contribution is 2.42. The summed E-state index contributed by atoms with van der Waals surface area (Å²) in [6.45, 7) is 0.920. The fourth-order valence-electron chi connectivity index (χ4n) is 2.49. The molecule has 1 aromatic rings. The van der Waals surface area contributed by atoms with E-state index >= 15 is 0 Å². The molecule has 3 rings (SSSR count). The van der Waals surface area contributed by atoms with Gasteiger partial charge in [-0.3, -0.25) is 4.79 Å². The molecule has 2 heterocycles. The summed E-state index contributed by atoms with van der Waals surface area (Å²) in [5.74, 6) is 0.209. The predicted octanol–water partition coefficient (Wildman–Crippen LogP) is 1.15. The third-order valence-corrected chi connectivity index (χ3v) is 3.30. The zero-order chi connectivity index (χ0) is 11.8. The van der Waals surface area contributed by atoms with Crippen LogP contribution in [0.5, 0.6) is 11.5 Å². The highest BCUT2D eigenvalue weighted by Gasteiger charge is 2.36. The van der Waals surface area contributed by atoms with E-state index in [1.807, 2.05) is 18.2 Å².